The molecule has 6 aromatic rings. The standard InChI is InChI=1S/C32H27F2N7O/c33-23-12-19(13-24(34)16-23)11-21-15-27-29(17-26(21)20-5-6-28-22(14-20)18-36-38-28)39-40-31(27)37-32(42)25-3-1-2-4-30(25)41-9-7-35-8-10-41/h1-6,12-18,35H,7-11H2,(H,36,38)(H2,37,39,40,42). The molecule has 3 heterocycles. The lowest BCUT2D eigenvalue weighted by atomic mass is 9.93. The number of H-pyrrole nitrogens is 2. The van der Waals surface area contributed by atoms with Crippen molar-refractivity contribution in [3.8, 4) is 11.1 Å². The number of nitrogens with one attached hydrogen (secondary N) is 4. The highest BCUT2D eigenvalue weighted by Gasteiger charge is 2.21. The van der Waals surface area contributed by atoms with E-state index in [-0.39, 0.29) is 12.3 Å². The highest BCUT2D eigenvalue weighted by Crippen LogP contribution is 2.34. The molecule has 7 rings (SSSR count). The summed E-state index contributed by atoms with van der Waals surface area (Å²) in [7, 11) is 0. The summed E-state index contributed by atoms with van der Waals surface area (Å²) in [5.41, 5.74) is 6.19. The fraction of sp³-hybridized carbons (Fsp3) is 0.156. The van der Waals surface area contributed by atoms with Gasteiger partial charge in [-0.25, -0.2) is 8.78 Å². The molecule has 42 heavy (non-hydrogen) atoms. The van der Waals surface area contributed by atoms with Gasteiger partial charge >= 0.3 is 0 Å². The van der Waals surface area contributed by atoms with E-state index in [0.717, 1.165) is 71.0 Å². The third-order valence-corrected chi connectivity index (χ3v) is 7.69. The minimum Gasteiger partial charge on any atom is -0.368 e. The Balaban J connectivity index is 1.28. The third kappa shape index (κ3) is 4.97. The number of piperazine rings is 1. The van der Waals surface area contributed by atoms with E-state index in [9.17, 15) is 13.6 Å². The molecule has 1 saturated heterocycles. The van der Waals surface area contributed by atoms with Crippen LogP contribution in [0.2, 0.25) is 0 Å². The zero-order valence-corrected chi connectivity index (χ0v) is 22.5. The number of hydrogen-bond acceptors (Lipinski definition) is 5. The molecule has 0 atom stereocenters. The van der Waals surface area contributed by atoms with Crippen molar-refractivity contribution in [1.82, 2.24) is 25.7 Å². The number of amides is 1. The summed E-state index contributed by atoms with van der Waals surface area (Å²) in [5.74, 6) is -1.15. The van der Waals surface area contributed by atoms with Gasteiger partial charge in [0.05, 0.1) is 22.8 Å². The number of aromatic nitrogens is 4. The molecule has 2 aromatic heterocycles. The molecule has 0 spiro atoms. The largest absolute Gasteiger partial charge is 0.368 e. The number of hydrogen-bond donors (Lipinski definition) is 4. The van der Waals surface area contributed by atoms with Crippen LogP contribution in [0.4, 0.5) is 20.3 Å². The Morgan fingerprint density at radius 1 is 0.905 bits per heavy atom. The molecule has 1 fully saturated rings. The minimum absolute atomic E-state index is 0.263. The Morgan fingerprint density at radius 3 is 2.55 bits per heavy atom. The molecule has 1 amide bonds. The Morgan fingerprint density at radius 2 is 1.71 bits per heavy atom. The van der Waals surface area contributed by atoms with Crippen molar-refractivity contribution in [3.63, 3.8) is 0 Å². The first-order valence-electron chi connectivity index (χ1n) is 13.8. The number of nitrogens with zero attached hydrogens (tertiary/aromatic N) is 3. The van der Waals surface area contributed by atoms with E-state index in [0.29, 0.717) is 22.3 Å². The van der Waals surface area contributed by atoms with E-state index in [4.69, 9.17) is 0 Å². The SMILES string of the molecule is O=C(Nc1n[nH]c2cc(-c3ccc4[nH]ncc4c3)c(Cc3cc(F)cc(F)c3)cc12)c1ccccc1N1CCNCC1. The van der Waals surface area contributed by atoms with Gasteiger partial charge in [-0.2, -0.15) is 10.2 Å². The fourth-order valence-electron chi connectivity index (χ4n) is 5.68. The second-order valence-corrected chi connectivity index (χ2v) is 10.5. The highest BCUT2D eigenvalue weighted by atomic mass is 19.1. The van der Waals surface area contributed by atoms with Crippen LogP contribution < -0.4 is 15.5 Å². The number of halogens is 2. The van der Waals surface area contributed by atoms with Crippen molar-refractivity contribution in [2.75, 3.05) is 36.4 Å². The van der Waals surface area contributed by atoms with Gasteiger partial charge in [0.1, 0.15) is 11.6 Å². The van der Waals surface area contributed by atoms with Gasteiger partial charge in [-0.15, -0.1) is 0 Å². The molecular formula is C32H27F2N7O. The molecule has 210 valence electrons. The van der Waals surface area contributed by atoms with Crippen molar-refractivity contribution in [2.45, 2.75) is 6.42 Å². The van der Waals surface area contributed by atoms with Crippen LogP contribution in [0, 0.1) is 11.6 Å². The summed E-state index contributed by atoms with van der Waals surface area (Å²) in [5, 5.41) is 22.5. The average Bonchev–Trinajstić information content (AvgIpc) is 3.63. The Kier molecular flexibility index (Phi) is 6.59. The predicted octanol–water partition coefficient (Wildman–Crippen LogP) is 5.64. The second-order valence-electron chi connectivity index (χ2n) is 10.5. The number of carbonyl (C=O) groups is 1. The van der Waals surface area contributed by atoms with Gasteiger partial charge in [0.25, 0.3) is 5.91 Å². The van der Waals surface area contributed by atoms with Crippen molar-refractivity contribution >= 4 is 39.2 Å². The van der Waals surface area contributed by atoms with E-state index in [1.807, 2.05) is 54.6 Å². The van der Waals surface area contributed by atoms with Crippen molar-refractivity contribution < 1.29 is 13.6 Å². The van der Waals surface area contributed by atoms with E-state index >= 15 is 0 Å². The topological polar surface area (TPSA) is 102 Å². The van der Waals surface area contributed by atoms with Crippen molar-refractivity contribution in [3.05, 3.63) is 107 Å². The van der Waals surface area contributed by atoms with E-state index < -0.39 is 11.6 Å². The zero-order chi connectivity index (χ0) is 28.6. The molecule has 1 aliphatic rings. The van der Waals surface area contributed by atoms with Crippen LogP contribution in [-0.2, 0) is 6.42 Å². The van der Waals surface area contributed by atoms with Crippen LogP contribution in [-0.4, -0.2) is 52.5 Å². The maximum Gasteiger partial charge on any atom is 0.258 e. The average molecular weight is 564 g/mol. The summed E-state index contributed by atoms with van der Waals surface area (Å²) < 4.78 is 28.2. The molecule has 8 nitrogen and oxygen atoms in total. The van der Waals surface area contributed by atoms with Gasteiger partial charge in [0.15, 0.2) is 5.82 Å². The van der Waals surface area contributed by atoms with Crippen LogP contribution in [0.1, 0.15) is 21.5 Å². The number of anilines is 2. The van der Waals surface area contributed by atoms with Gasteiger partial charge in [-0.05, 0) is 77.2 Å². The van der Waals surface area contributed by atoms with Crippen molar-refractivity contribution in [1.29, 1.82) is 0 Å². The lowest BCUT2D eigenvalue weighted by Gasteiger charge is -2.30. The molecule has 4 N–H and O–H groups in total. The van der Waals surface area contributed by atoms with Crippen LogP contribution in [0.15, 0.2) is 79.0 Å². The van der Waals surface area contributed by atoms with Gasteiger partial charge in [0.2, 0.25) is 0 Å². The summed E-state index contributed by atoms with van der Waals surface area (Å²) in [4.78, 5) is 15.8. The maximum absolute atomic E-state index is 14.1. The van der Waals surface area contributed by atoms with Gasteiger partial charge in [-0.1, -0.05) is 18.2 Å². The Bertz CT molecular complexity index is 1920. The van der Waals surface area contributed by atoms with Gasteiger partial charge in [-0.3, -0.25) is 15.0 Å². The first-order valence-corrected chi connectivity index (χ1v) is 13.8. The first kappa shape index (κ1) is 25.8. The number of fused-ring (bicyclic) bond motifs is 2. The molecule has 0 radical (unpaired) electrons. The van der Waals surface area contributed by atoms with Gasteiger partial charge in [0, 0.05) is 48.7 Å². The smallest absolute Gasteiger partial charge is 0.258 e. The summed E-state index contributed by atoms with van der Waals surface area (Å²) in [6.07, 6.45) is 2.02. The van der Waals surface area contributed by atoms with Crippen LogP contribution >= 0.6 is 0 Å². The quantitative estimate of drug-likeness (QED) is 0.210. The number of carbonyl (C=O) groups excluding carboxylic acids is 1. The number of benzene rings is 4. The summed E-state index contributed by atoms with van der Waals surface area (Å²) in [6, 6.07) is 20.9. The molecule has 0 bridgehead atoms. The Labute approximate surface area is 239 Å². The molecule has 0 saturated carbocycles. The lowest BCUT2D eigenvalue weighted by molar-refractivity contribution is 0.102. The summed E-state index contributed by atoms with van der Waals surface area (Å²) in [6.45, 7) is 3.34. The summed E-state index contributed by atoms with van der Waals surface area (Å²) >= 11 is 0. The van der Waals surface area contributed by atoms with E-state index in [2.05, 4.69) is 35.9 Å². The second kappa shape index (κ2) is 10.7. The number of para-hydroxylation sites is 1. The third-order valence-electron chi connectivity index (χ3n) is 7.69. The highest BCUT2D eigenvalue weighted by molar-refractivity contribution is 6.11. The van der Waals surface area contributed by atoms with E-state index in [1.165, 1.54) is 12.1 Å². The molecular weight excluding hydrogens is 536 g/mol. The molecule has 4 aromatic carbocycles. The number of aromatic amines is 2. The number of rotatable bonds is 6. The normalized spacial score (nSPS) is 13.6. The zero-order valence-electron chi connectivity index (χ0n) is 22.5. The molecule has 0 aliphatic carbocycles. The minimum atomic E-state index is -0.633. The monoisotopic (exact) mass is 563 g/mol. The van der Waals surface area contributed by atoms with E-state index in [1.54, 1.807) is 6.20 Å². The Hall–Kier alpha value is -5.09. The lowest BCUT2D eigenvalue weighted by Crippen LogP contribution is -2.44. The van der Waals surface area contributed by atoms with Crippen molar-refractivity contribution in [2.24, 2.45) is 0 Å². The molecule has 1 aliphatic heterocycles. The molecule has 10 heteroatoms. The van der Waals surface area contributed by atoms with Crippen LogP contribution in [0.25, 0.3) is 32.9 Å². The van der Waals surface area contributed by atoms with Crippen LogP contribution in [0.3, 0.4) is 0 Å². The van der Waals surface area contributed by atoms with Crippen LogP contribution in [0.5, 0.6) is 0 Å². The van der Waals surface area contributed by atoms with Gasteiger partial charge < -0.3 is 15.5 Å². The maximum atomic E-state index is 14.1. The fourth-order valence-corrected chi connectivity index (χ4v) is 5.68. The first-order chi connectivity index (χ1) is 20.5. The predicted molar refractivity (Wildman–Crippen MR) is 160 cm³/mol. The molecule has 0 unspecified atom stereocenters.